The van der Waals surface area contributed by atoms with Gasteiger partial charge >= 0.3 is 0 Å². The van der Waals surface area contributed by atoms with Crippen LogP contribution in [-0.2, 0) is 5.75 Å². The molecule has 0 saturated carbocycles. The molecule has 0 saturated heterocycles. The summed E-state index contributed by atoms with van der Waals surface area (Å²) in [5.74, 6) is 0.844. The van der Waals surface area contributed by atoms with E-state index in [1.165, 1.54) is 4.90 Å². The Balaban J connectivity index is 1.69. The highest BCUT2D eigenvalue weighted by Crippen LogP contribution is 2.25. The van der Waals surface area contributed by atoms with E-state index in [4.69, 9.17) is 4.42 Å². The van der Waals surface area contributed by atoms with E-state index >= 15 is 0 Å². The molecule has 116 valence electrons. The Bertz CT molecular complexity index is 796. The number of thioether (sulfide) groups is 1. The molecule has 0 fully saturated rings. The van der Waals surface area contributed by atoms with Crippen LogP contribution in [0, 0.1) is 6.92 Å². The Labute approximate surface area is 139 Å². The Hall–Kier alpha value is -2.46. The van der Waals surface area contributed by atoms with Gasteiger partial charge in [0.15, 0.2) is 5.76 Å². The third-order valence-corrected chi connectivity index (χ3v) is 4.43. The highest BCUT2D eigenvalue weighted by Gasteiger charge is 2.15. The van der Waals surface area contributed by atoms with Gasteiger partial charge < -0.3 is 9.73 Å². The van der Waals surface area contributed by atoms with E-state index in [0.717, 1.165) is 16.8 Å². The van der Waals surface area contributed by atoms with Gasteiger partial charge in [0.05, 0.1) is 6.26 Å². The fourth-order valence-electron chi connectivity index (χ4n) is 2.24. The molecule has 0 bridgehead atoms. The maximum Gasteiger partial charge on any atom is 0.291 e. The van der Waals surface area contributed by atoms with Crippen molar-refractivity contribution >= 4 is 23.4 Å². The number of furan rings is 1. The lowest BCUT2D eigenvalue weighted by Gasteiger charge is -2.06. The number of hydrogen-bond acceptors (Lipinski definition) is 3. The fourth-order valence-corrected chi connectivity index (χ4v) is 3.14. The predicted molar refractivity (Wildman–Crippen MR) is 93.8 cm³/mol. The molecule has 0 unspecified atom stereocenters. The largest absolute Gasteiger partial charge is 0.459 e. The second kappa shape index (κ2) is 7.20. The molecule has 1 heterocycles. The van der Waals surface area contributed by atoms with Crippen molar-refractivity contribution in [1.29, 1.82) is 0 Å². The van der Waals surface area contributed by atoms with Gasteiger partial charge in [-0.25, -0.2) is 0 Å². The minimum Gasteiger partial charge on any atom is -0.459 e. The third kappa shape index (κ3) is 4.05. The predicted octanol–water partition coefficient (Wildman–Crippen LogP) is 5.13. The Morgan fingerprint density at radius 3 is 2.70 bits per heavy atom. The quantitative estimate of drug-likeness (QED) is 0.662. The van der Waals surface area contributed by atoms with E-state index in [1.807, 2.05) is 55.5 Å². The number of amides is 1. The first-order chi connectivity index (χ1) is 11.2. The van der Waals surface area contributed by atoms with Crippen LogP contribution in [0.2, 0.25) is 0 Å². The van der Waals surface area contributed by atoms with Crippen LogP contribution in [0.25, 0.3) is 0 Å². The highest BCUT2D eigenvalue weighted by molar-refractivity contribution is 7.98. The van der Waals surface area contributed by atoms with Gasteiger partial charge in [-0.3, -0.25) is 4.79 Å². The summed E-state index contributed by atoms with van der Waals surface area (Å²) in [4.78, 5) is 13.6. The number of nitrogens with one attached hydrogen (secondary N) is 1. The van der Waals surface area contributed by atoms with E-state index in [-0.39, 0.29) is 5.91 Å². The summed E-state index contributed by atoms with van der Waals surface area (Å²) in [6.45, 7) is 1.99. The second-order valence-electron chi connectivity index (χ2n) is 5.20. The molecule has 0 radical (unpaired) electrons. The van der Waals surface area contributed by atoms with Gasteiger partial charge in [-0.2, -0.15) is 0 Å². The van der Waals surface area contributed by atoms with Crippen molar-refractivity contribution in [3.8, 4) is 0 Å². The van der Waals surface area contributed by atoms with Crippen molar-refractivity contribution in [2.45, 2.75) is 17.6 Å². The van der Waals surface area contributed by atoms with Gasteiger partial charge in [-0.05, 0) is 42.8 Å². The molecule has 0 atom stereocenters. The monoisotopic (exact) mass is 323 g/mol. The number of benzene rings is 2. The molecule has 4 heteroatoms. The topological polar surface area (TPSA) is 42.2 Å². The molecule has 1 aromatic heterocycles. The average Bonchev–Trinajstić information content (AvgIpc) is 3.02. The van der Waals surface area contributed by atoms with Gasteiger partial charge in [0.2, 0.25) is 0 Å². The van der Waals surface area contributed by atoms with E-state index in [0.29, 0.717) is 11.5 Å². The SMILES string of the molecule is Cc1cccc(NC(=O)c2occc2CSc2ccccc2)c1. The molecule has 0 aliphatic rings. The number of carbonyl (C=O) groups excluding carboxylic acids is 1. The minimum atomic E-state index is -0.218. The Morgan fingerprint density at radius 1 is 1.09 bits per heavy atom. The van der Waals surface area contributed by atoms with Gasteiger partial charge in [0.1, 0.15) is 0 Å². The number of rotatable bonds is 5. The maximum atomic E-state index is 12.4. The maximum absolute atomic E-state index is 12.4. The van der Waals surface area contributed by atoms with E-state index in [1.54, 1.807) is 18.0 Å². The number of carbonyl (C=O) groups is 1. The summed E-state index contributed by atoms with van der Waals surface area (Å²) in [5, 5.41) is 2.88. The molecule has 2 aromatic carbocycles. The first-order valence-electron chi connectivity index (χ1n) is 7.34. The highest BCUT2D eigenvalue weighted by atomic mass is 32.2. The first-order valence-corrected chi connectivity index (χ1v) is 8.33. The van der Waals surface area contributed by atoms with Crippen molar-refractivity contribution in [3.63, 3.8) is 0 Å². The zero-order chi connectivity index (χ0) is 16.1. The van der Waals surface area contributed by atoms with Crippen LogP contribution in [0.3, 0.4) is 0 Å². The minimum absolute atomic E-state index is 0.218. The molecule has 23 heavy (non-hydrogen) atoms. The van der Waals surface area contributed by atoms with E-state index in [9.17, 15) is 4.79 Å². The van der Waals surface area contributed by atoms with Crippen LogP contribution in [-0.4, -0.2) is 5.91 Å². The third-order valence-electron chi connectivity index (χ3n) is 3.37. The van der Waals surface area contributed by atoms with Gasteiger partial charge in [0, 0.05) is 21.9 Å². The summed E-state index contributed by atoms with van der Waals surface area (Å²) in [6, 6.07) is 19.7. The summed E-state index contributed by atoms with van der Waals surface area (Å²) < 4.78 is 5.39. The lowest BCUT2D eigenvalue weighted by molar-refractivity contribution is 0.0996. The normalized spacial score (nSPS) is 10.5. The van der Waals surface area contributed by atoms with Crippen LogP contribution in [0.5, 0.6) is 0 Å². The van der Waals surface area contributed by atoms with Crippen LogP contribution in [0.15, 0.2) is 76.2 Å². The smallest absolute Gasteiger partial charge is 0.291 e. The molecule has 1 N–H and O–H groups in total. The summed E-state index contributed by atoms with van der Waals surface area (Å²) in [5.41, 5.74) is 2.76. The molecule has 3 rings (SSSR count). The standard InChI is InChI=1S/C19H17NO2S/c1-14-6-5-7-16(12-14)20-19(21)18-15(10-11-22-18)13-23-17-8-3-2-4-9-17/h2-12H,13H2,1H3,(H,20,21). The van der Waals surface area contributed by atoms with Crippen LogP contribution in [0.4, 0.5) is 5.69 Å². The van der Waals surface area contributed by atoms with Gasteiger partial charge in [0.25, 0.3) is 5.91 Å². The molecule has 0 aliphatic heterocycles. The van der Waals surface area contributed by atoms with Crippen LogP contribution in [0.1, 0.15) is 21.7 Å². The van der Waals surface area contributed by atoms with Crippen molar-refractivity contribution < 1.29 is 9.21 Å². The molecular weight excluding hydrogens is 306 g/mol. The molecule has 3 aromatic rings. The Morgan fingerprint density at radius 2 is 1.91 bits per heavy atom. The molecule has 0 aliphatic carbocycles. The summed E-state index contributed by atoms with van der Waals surface area (Å²) in [7, 11) is 0. The second-order valence-corrected chi connectivity index (χ2v) is 6.25. The lowest BCUT2D eigenvalue weighted by Crippen LogP contribution is -2.12. The van der Waals surface area contributed by atoms with Crippen molar-refractivity contribution in [2.24, 2.45) is 0 Å². The summed E-state index contributed by atoms with van der Waals surface area (Å²) >= 11 is 1.68. The number of hydrogen-bond donors (Lipinski definition) is 1. The number of anilines is 1. The van der Waals surface area contributed by atoms with E-state index in [2.05, 4.69) is 17.4 Å². The van der Waals surface area contributed by atoms with Crippen molar-refractivity contribution in [1.82, 2.24) is 0 Å². The molecule has 3 nitrogen and oxygen atoms in total. The molecule has 1 amide bonds. The zero-order valence-electron chi connectivity index (χ0n) is 12.8. The number of aryl methyl sites for hydroxylation is 1. The molecule has 0 spiro atoms. The van der Waals surface area contributed by atoms with Gasteiger partial charge in [-0.15, -0.1) is 11.8 Å². The first kappa shape index (κ1) is 15.4. The fraction of sp³-hybridized carbons (Fsp3) is 0.105. The Kier molecular flexibility index (Phi) is 4.83. The zero-order valence-corrected chi connectivity index (χ0v) is 13.6. The van der Waals surface area contributed by atoms with Crippen molar-refractivity contribution in [2.75, 3.05) is 5.32 Å². The van der Waals surface area contributed by atoms with Crippen molar-refractivity contribution in [3.05, 3.63) is 83.8 Å². The average molecular weight is 323 g/mol. The van der Waals surface area contributed by atoms with Crippen LogP contribution < -0.4 is 5.32 Å². The van der Waals surface area contributed by atoms with E-state index < -0.39 is 0 Å². The lowest BCUT2D eigenvalue weighted by atomic mass is 10.2. The van der Waals surface area contributed by atoms with Crippen LogP contribution >= 0.6 is 11.8 Å². The summed E-state index contributed by atoms with van der Waals surface area (Å²) in [6.07, 6.45) is 1.56. The van der Waals surface area contributed by atoms with Gasteiger partial charge in [-0.1, -0.05) is 30.3 Å². The molecular formula is C19H17NO2S.